The number of carbonyl (C=O) groups excluding carboxylic acids is 3. The first kappa shape index (κ1) is 10.8. The maximum Gasteiger partial charge on any atom is 0.376 e. The summed E-state index contributed by atoms with van der Waals surface area (Å²) in [5.41, 5.74) is -1.33. The van der Waals surface area contributed by atoms with Crippen molar-refractivity contribution in [3.63, 3.8) is 0 Å². The first-order valence-electron chi connectivity index (χ1n) is 4.02. The minimum atomic E-state index is -1.33. The Hall–Kier alpha value is -1.27. The SMILES string of the molecule is C[C@H](C(C=O)C=O)[C@@]1(C(=O)OO)CO1. The van der Waals surface area contributed by atoms with Gasteiger partial charge in [-0.15, -0.1) is 0 Å². The van der Waals surface area contributed by atoms with Crippen LogP contribution >= 0.6 is 0 Å². The van der Waals surface area contributed by atoms with Crippen LogP contribution in [-0.2, 0) is 24.0 Å². The zero-order valence-corrected chi connectivity index (χ0v) is 7.50. The summed E-state index contributed by atoms with van der Waals surface area (Å²) in [6, 6.07) is 0. The van der Waals surface area contributed by atoms with Crippen molar-refractivity contribution in [1.29, 1.82) is 0 Å². The van der Waals surface area contributed by atoms with E-state index >= 15 is 0 Å². The van der Waals surface area contributed by atoms with Crippen LogP contribution in [0.4, 0.5) is 0 Å². The molecule has 2 atom stereocenters. The van der Waals surface area contributed by atoms with Crippen molar-refractivity contribution in [3.05, 3.63) is 0 Å². The number of hydrogen-bond donors (Lipinski definition) is 1. The highest BCUT2D eigenvalue weighted by atomic mass is 17.1. The van der Waals surface area contributed by atoms with E-state index in [1.54, 1.807) is 0 Å². The van der Waals surface area contributed by atoms with Gasteiger partial charge >= 0.3 is 5.97 Å². The zero-order valence-electron chi connectivity index (χ0n) is 7.50. The normalized spacial score (nSPS) is 26.8. The van der Waals surface area contributed by atoms with Gasteiger partial charge in [0.15, 0.2) is 5.60 Å². The maximum absolute atomic E-state index is 11.0. The van der Waals surface area contributed by atoms with E-state index in [2.05, 4.69) is 4.89 Å². The highest BCUT2D eigenvalue weighted by molar-refractivity contribution is 5.86. The Morgan fingerprint density at radius 3 is 2.36 bits per heavy atom. The minimum Gasteiger partial charge on any atom is -0.357 e. The number of hydrogen-bond acceptors (Lipinski definition) is 6. The van der Waals surface area contributed by atoms with Gasteiger partial charge in [0.2, 0.25) is 0 Å². The first-order chi connectivity index (χ1) is 6.62. The van der Waals surface area contributed by atoms with Gasteiger partial charge in [0.1, 0.15) is 12.6 Å². The van der Waals surface area contributed by atoms with Gasteiger partial charge in [0, 0.05) is 5.92 Å². The number of epoxide rings is 1. The standard InChI is InChI=1S/C8H10O6/c1-5(6(2-9)3-10)8(4-13-8)7(11)14-12/h2-3,5-6,12H,4H2,1H3/t5-,8-/m1/s1. The summed E-state index contributed by atoms with van der Waals surface area (Å²) >= 11 is 0. The summed E-state index contributed by atoms with van der Waals surface area (Å²) in [6.45, 7) is 1.56. The van der Waals surface area contributed by atoms with Crippen molar-refractivity contribution in [1.82, 2.24) is 0 Å². The number of rotatable bonds is 5. The number of aldehydes is 2. The Morgan fingerprint density at radius 1 is 1.57 bits per heavy atom. The van der Waals surface area contributed by atoms with Gasteiger partial charge in [-0.1, -0.05) is 6.92 Å². The second-order valence-electron chi connectivity index (χ2n) is 3.20. The topological polar surface area (TPSA) is 93.2 Å². The molecule has 0 spiro atoms. The van der Waals surface area contributed by atoms with Crippen LogP contribution in [0.3, 0.4) is 0 Å². The molecule has 0 unspecified atom stereocenters. The molecule has 1 saturated heterocycles. The third kappa shape index (κ3) is 1.53. The molecule has 0 aromatic heterocycles. The van der Waals surface area contributed by atoms with Crippen LogP contribution in [0.2, 0.25) is 0 Å². The Balaban J connectivity index is 2.77. The Bertz CT molecular complexity index is 249. The van der Waals surface area contributed by atoms with E-state index in [0.717, 1.165) is 0 Å². The summed E-state index contributed by atoms with van der Waals surface area (Å²) in [7, 11) is 0. The molecule has 78 valence electrons. The van der Waals surface area contributed by atoms with Crippen LogP contribution in [-0.4, -0.2) is 36.0 Å². The van der Waals surface area contributed by atoms with E-state index in [1.165, 1.54) is 6.92 Å². The molecule has 1 heterocycles. The van der Waals surface area contributed by atoms with E-state index < -0.39 is 23.4 Å². The predicted octanol–water partition coefficient (Wildman–Crippen LogP) is -0.578. The molecule has 6 nitrogen and oxygen atoms in total. The van der Waals surface area contributed by atoms with Crippen LogP contribution in [0, 0.1) is 11.8 Å². The van der Waals surface area contributed by atoms with Gasteiger partial charge in [0.25, 0.3) is 0 Å². The summed E-state index contributed by atoms with van der Waals surface area (Å²) in [6.07, 6.45) is 0.873. The van der Waals surface area contributed by atoms with E-state index in [0.29, 0.717) is 12.6 Å². The molecule has 0 aliphatic carbocycles. The molecule has 0 amide bonds. The average molecular weight is 202 g/mol. The summed E-state index contributed by atoms with van der Waals surface area (Å²) in [4.78, 5) is 35.5. The van der Waals surface area contributed by atoms with Crippen LogP contribution < -0.4 is 0 Å². The molecule has 0 bridgehead atoms. The fourth-order valence-corrected chi connectivity index (χ4v) is 1.30. The second-order valence-corrected chi connectivity index (χ2v) is 3.20. The van der Waals surface area contributed by atoms with E-state index in [-0.39, 0.29) is 6.61 Å². The molecule has 1 fully saturated rings. The van der Waals surface area contributed by atoms with Gasteiger partial charge < -0.3 is 14.3 Å². The molecule has 0 aromatic carbocycles. The molecule has 0 saturated carbocycles. The number of carbonyl (C=O) groups is 3. The summed E-state index contributed by atoms with van der Waals surface area (Å²) in [5, 5.41) is 8.18. The Kier molecular flexibility index (Phi) is 2.97. The lowest BCUT2D eigenvalue weighted by molar-refractivity contribution is -0.242. The Labute approximate surface area is 79.7 Å². The van der Waals surface area contributed by atoms with Crippen molar-refractivity contribution in [2.45, 2.75) is 12.5 Å². The monoisotopic (exact) mass is 202 g/mol. The van der Waals surface area contributed by atoms with E-state index in [9.17, 15) is 14.4 Å². The average Bonchev–Trinajstić information content (AvgIpc) is 2.99. The molecular weight excluding hydrogens is 192 g/mol. The van der Waals surface area contributed by atoms with Crippen molar-refractivity contribution in [2.24, 2.45) is 11.8 Å². The highest BCUT2D eigenvalue weighted by Crippen LogP contribution is 2.39. The van der Waals surface area contributed by atoms with Crippen LogP contribution in [0.5, 0.6) is 0 Å². The maximum atomic E-state index is 11.0. The van der Waals surface area contributed by atoms with Crippen molar-refractivity contribution >= 4 is 18.5 Å². The highest BCUT2D eigenvalue weighted by Gasteiger charge is 2.60. The summed E-state index contributed by atoms with van der Waals surface area (Å²) in [5.74, 6) is -2.55. The molecule has 1 N–H and O–H groups in total. The van der Waals surface area contributed by atoms with Gasteiger partial charge in [-0.3, -0.25) is 4.89 Å². The molecule has 1 aliphatic heterocycles. The minimum absolute atomic E-state index is 0.0474. The number of ether oxygens (including phenoxy) is 1. The lowest BCUT2D eigenvalue weighted by Gasteiger charge is -2.18. The van der Waals surface area contributed by atoms with E-state index in [1.807, 2.05) is 0 Å². The lowest BCUT2D eigenvalue weighted by atomic mass is 9.84. The Morgan fingerprint density at radius 2 is 2.07 bits per heavy atom. The molecule has 1 rings (SSSR count). The lowest BCUT2D eigenvalue weighted by Crippen LogP contribution is -2.38. The van der Waals surface area contributed by atoms with Gasteiger partial charge in [-0.05, 0) is 0 Å². The quantitative estimate of drug-likeness (QED) is 0.211. The molecule has 1 aliphatic rings. The van der Waals surface area contributed by atoms with Crippen LogP contribution in [0.25, 0.3) is 0 Å². The van der Waals surface area contributed by atoms with Gasteiger partial charge in [0.05, 0.1) is 12.5 Å². The fraction of sp³-hybridized carbons (Fsp3) is 0.625. The van der Waals surface area contributed by atoms with Crippen molar-refractivity contribution < 1.29 is 29.3 Å². The fourth-order valence-electron chi connectivity index (χ4n) is 1.30. The molecule has 0 radical (unpaired) electrons. The van der Waals surface area contributed by atoms with Crippen LogP contribution in [0.1, 0.15) is 6.92 Å². The largest absolute Gasteiger partial charge is 0.376 e. The molecule has 0 aromatic rings. The van der Waals surface area contributed by atoms with Gasteiger partial charge in [-0.25, -0.2) is 4.79 Å². The molecule has 14 heavy (non-hydrogen) atoms. The third-order valence-corrected chi connectivity index (χ3v) is 2.51. The van der Waals surface area contributed by atoms with E-state index in [4.69, 9.17) is 9.99 Å². The van der Waals surface area contributed by atoms with Gasteiger partial charge in [-0.2, -0.15) is 5.26 Å². The van der Waals surface area contributed by atoms with Crippen molar-refractivity contribution in [2.75, 3.05) is 6.61 Å². The summed E-state index contributed by atoms with van der Waals surface area (Å²) < 4.78 is 4.84. The van der Waals surface area contributed by atoms with Crippen LogP contribution in [0.15, 0.2) is 0 Å². The first-order valence-corrected chi connectivity index (χ1v) is 4.02. The zero-order chi connectivity index (χ0) is 10.8. The third-order valence-electron chi connectivity index (χ3n) is 2.51. The smallest absolute Gasteiger partial charge is 0.357 e. The second kappa shape index (κ2) is 3.85. The molecule has 6 heteroatoms. The van der Waals surface area contributed by atoms with Crippen molar-refractivity contribution in [3.8, 4) is 0 Å². The predicted molar refractivity (Wildman–Crippen MR) is 42.2 cm³/mol. The molecular formula is C8H10O6.